The number of esters is 1. The lowest BCUT2D eigenvalue weighted by Gasteiger charge is -2.20. The van der Waals surface area contributed by atoms with Crippen LogP contribution in [0.5, 0.6) is 0 Å². The Labute approximate surface area is 106 Å². The number of unbranched alkanes of at least 4 members (excludes halogenated alkanes) is 1. The number of nitrogens with zero attached hydrogens (tertiary/aromatic N) is 1. The first-order chi connectivity index (χ1) is 8.61. The van der Waals surface area contributed by atoms with Gasteiger partial charge in [-0.25, -0.2) is 14.5 Å². The summed E-state index contributed by atoms with van der Waals surface area (Å²) in [7, 11) is 0. The lowest BCUT2D eigenvalue weighted by molar-refractivity contribution is -0.150. The highest BCUT2D eigenvalue weighted by Gasteiger charge is 2.42. The van der Waals surface area contributed by atoms with E-state index in [-0.39, 0.29) is 25.5 Å². The van der Waals surface area contributed by atoms with Gasteiger partial charge in [0.1, 0.15) is 6.04 Å². The molecule has 0 aliphatic carbocycles. The Morgan fingerprint density at radius 3 is 2.67 bits per heavy atom. The highest BCUT2D eigenvalue weighted by atomic mass is 16.6. The molecule has 1 aliphatic heterocycles. The quantitative estimate of drug-likeness (QED) is 0.551. The summed E-state index contributed by atoms with van der Waals surface area (Å²) in [5, 5.41) is 0. The lowest BCUT2D eigenvalue weighted by Crippen LogP contribution is -2.44. The maximum absolute atomic E-state index is 11.7. The van der Waals surface area contributed by atoms with Crippen LogP contribution in [0.25, 0.3) is 0 Å². The monoisotopic (exact) mass is 257 g/mol. The van der Waals surface area contributed by atoms with E-state index in [1.807, 2.05) is 6.92 Å². The minimum Gasteiger partial charge on any atom is -0.464 e. The van der Waals surface area contributed by atoms with Gasteiger partial charge in [0.15, 0.2) is 0 Å². The summed E-state index contributed by atoms with van der Waals surface area (Å²) in [6.07, 6.45) is 1.36. The van der Waals surface area contributed by atoms with Crippen molar-refractivity contribution in [1.29, 1.82) is 0 Å². The fourth-order valence-corrected chi connectivity index (χ4v) is 1.75. The smallest absolute Gasteiger partial charge is 0.417 e. The standard InChI is InChI=1S/C12H19NO5/c1-3-5-8-18-12(16)13-9(6-7-10(13)14)11(15)17-4-2/h9H,3-8H2,1-2H3/t9-/m0/s1. The molecule has 1 heterocycles. The lowest BCUT2D eigenvalue weighted by atomic mass is 10.2. The molecule has 1 fully saturated rings. The van der Waals surface area contributed by atoms with Crippen molar-refractivity contribution in [3.05, 3.63) is 0 Å². The molecular weight excluding hydrogens is 238 g/mol. The third kappa shape index (κ3) is 3.45. The normalized spacial score (nSPS) is 18.9. The zero-order valence-electron chi connectivity index (χ0n) is 10.8. The molecule has 1 atom stereocenters. The van der Waals surface area contributed by atoms with Crippen LogP contribution in [0.4, 0.5) is 4.79 Å². The first kappa shape index (κ1) is 14.5. The number of likely N-dealkylation sites (tertiary alicyclic amines) is 1. The van der Waals surface area contributed by atoms with Gasteiger partial charge >= 0.3 is 12.1 Å². The number of carbonyl (C=O) groups excluding carboxylic acids is 3. The summed E-state index contributed by atoms with van der Waals surface area (Å²) < 4.78 is 9.79. The van der Waals surface area contributed by atoms with E-state index >= 15 is 0 Å². The Hall–Kier alpha value is -1.59. The summed E-state index contributed by atoms with van der Waals surface area (Å²) >= 11 is 0. The minimum atomic E-state index is -0.827. The Morgan fingerprint density at radius 1 is 1.33 bits per heavy atom. The zero-order valence-corrected chi connectivity index (χ0v) is 10.8. The van der Waals surface area contributed by atoms with Gasteiger partial charge in [0.2, 0.25) is 5.91 Å². The number of carbonyl (C=O) groups is 3. The van der Waals surface area contributed by atoms with Gasteiger partial charge < -0.3 is 9.47 Å². The van der Waals surface area contributed by atoms with Gasteiger partial charge in [-0.2, -0.15) is 0 Å². The van der Waals surface area contributed by atoms with Crippen molar-refractivity contribution in [2.75, 3.05) is 13.2 Å². The molecule has 0 aromatic heterocycles. The van der Waals surface area contributed by atoms with Crippen molar-refractivity contribution in [1.82, 2.24) is 4.90 Å². The second-order valence-electron chi connectivity index (χ2n) is 4.04. The molecule has 0 aromatic rings. The van der Waals surface area contributed by atoms with Gasteiger partial charge in [-0.05, 0) is 19.8 Å². The Balaban J connectivity index is 2.61. The van der Waals surface area contributed by atoms with Gasteiger partial charge in [-0.1, -0.05) is 13.3 Å². The number of hydrogen-bond donors (Lipinski definition) is 0. The molecule has 2 amide bonds. The first-order valence-corrected chi connectivity index (χ1v) is 6.27. The Bertz CT molecular complexity index is 328. The van der Waals surface area contributed by atoms with Crippen molar-refractivity contribution in [2.45, 2.75) is 45.6 Å². The van der Waals surface area contributed by atoms with Crippen LogP contribution in [-0.2, 0) is 19.1 Å². The van der Waals surface area contributed by atoms with Crippen LogP contribution in [0, 0.1) is 0 Å². The molecule has 6 heteroatoms. The van der Waals surface area contributed by atoms with E-state index in [1.54, 1.807) is 6.92 Å². The van der Waals surface area contributed by atoms with Gasteiger partial charge in [0, 0.05) is 6.42 Å². The summed E-state index contributed by atoms with van der Waals surface area (Å²) in [6.45, 7) is 4.13. The number of ether oxygens (including phenoxy) is 2. The van der Waals surface area contributed by atoms with Gasteiger partial charge in [0.25, 0.3) is 0 Å². The van der Waals surface area contributed by atoms with E-state index in [0.717, 1.165) is 17.7 Å². The van der Waals surface area contributed by atoms with Crippen LogP contribution in [-0.4, -0.2) is 42.1 Å². The molecule has 0 N–H and O–H groups in total. The third-order valence-electron chi connectivity index (χ3n) is 2.69. The molecule has 0 saturated carbocycles. The fraction of sp³-hybridized carbons (Fsp3) is 0.750. The van der Waals surface area contributed by atoms with Crippen LogP contribution in [0.1, 0.15) is 39.5 Å². The van der Waals surface area contributed by atoms with E-state index in [4.69, 9.17) is 9.47 Å². The zero-order chi connectivity index (χ0) is 13.5. The SMILES string of the molecule is CCCCOC(=O)N1C(=O)CC[C@H]1C(=O)OCC. The van der Waals surface area contributed by atoms with Crippen molar-refractivity contribution >= 4 is 18.0 Å². The summed E-state index contributed by atoms with van der Waals surface area (Å²) in [5.41, 5.74) is 0. The van der Waals surface area contributed by atoms with Crippen molar-refractivity contribution in [2.24, 2.45) is 0 Å². The molecule has 1 rings (SSSR count). The maximum Gasteiger partial charge on any atom is 0.417 e. The maximum atomic E-state index is 11.7. The third-order valence-corrected chi connectivity index (χ3v) is 2.69. The highest BCUT2D eigenvalue weighted by Crippen LogP contribution is 2.21. The second-order valence-corrected chi connectivity index (χ2v) is 4.04. The molecule has 18 heavy (non-hydrogen) atoms. The minimum absolute atomic E-state index is 0.173. The molecule has 0 unspecified atom stereocenters. The van der Waals surface area contributed by atoms with E-state index in [0.29, 0.717) is 6.42 Å². The van der Waals surface area contributed by atoms with Crippen molar-refractivity contribution in [3.63, 3.8) is 0 Å². The summed E-state index contributed by atoms with van der Waals surface area (Å²) in [5.74, 6) is -0.926. The van der Waals surface area contributed by atoms with Gasteiger partial charge in [-0.15, -0.1) is 0 Å². The van der Waals surface area contributed by atoms with Gasteiger partial charge in [0.05, 0.1) is 13.2 Å². The number of amides is 2. The van der Waals surface area contributed by atoms with Crippen LogP contribution >= 0.6 is 0 Å². The van der Waals surface area contributed by atoms with Crippen LogP contribution in [0.15, 0.2) is 0 Å². The summed E-state index contributed by atoms with van der Waals surface area (Å²) in [4.78, 5) is 35.8. The van der Waals surface area contributed by atoms with E-state index in [2.05, 4.69) is 0 Å². The molecular formula is C12H19NO5. The predicted octanol–water partition coefficient (Wildman–Crippen LogP) is 1.48. The van der Waals surface area contributed by atoms with Crippen LogP contribution in [0.2, 0.25) is 0 Å². The average Bonchev–Trinajstić information content (AvgIpc) is 2.72. The molecule has 6 nitrogen and oxygen atoms in total. The van der Waals surface area contributed by atoms with Crippen molar-refractivity contribution < 1.29 is 23.9 Å². The average molecular weight is 257 g/mol. The molecule has 0 spiro atoms. The van der Waals surface area contributed by atoms with Crippen LogP contribution in [0.3, 0.4) is 0 Å². The number of imide groups is 1. The second kappa shape index (κ2) is 6.98. The topological polar surface area (TPSA) is 72.9 Å². The predicted molar refractivity (Wildman–Crippen MR) is 62.8 cm³/mol. The molecule has 1 saturated heterocycles. The molecule has 0 radical (unpaired) electrons. The fourth-order valence-electron chi connectivity index (χ4n) is 1.75. The largest absolute Gasteiger partial charge is 0.464 e. The van der Waals surface area contributed by atoms with Gasteiger partial charge in [-0.3, -0.25) is 4.79 Å². The Morgan fingerprint density at radius 2 is 2.06 bits per heavy atom. The molecule has 0 bridgehead atoms. The first-order valence-electron chi connectivity index (χ1n) is 6.27. The van der Waals surface area contributed by atoms with E-state index in [1.165, 1.54) is 0 Å². The highest BCUT2D eigenvalue weighted by molar-refractivity contribution is 5.99. The number of rotatable bonds is 5. The van der Waals surface area contributed by atoms with Crippen molar-refractivity contribution in [3.8, 4) is 0 Å². The number of hydrogen-bond acceptors (Lipinski definition) is 5. The molecule has 102 valence electrons. The molecule has 0 aromatic carbocycles. The Kier molecular flexibility index (Phi) is 5.61. The van der Waals surface area contributed by atoms with E-state index in [9.17, 15) is 14.4 Å². The molecule has 1 aliphatic rings. The van der Waals surface area contributed by atoms with E-state index < -0.39 is 18.1 Å². The van der Waals surface area contributed by atoms with Crippen LogP contribution < -0.4 is 0 Å². The summed E-state index contributed by atoms with van der Waals surface area (Å²) in [6, 6.07) is -0.827.